The molecular formula is C16H24N4O3. The van der Waals surface area contributed by atoms with Gasteiger partial charge in [-0.3, -0.25) is 14.3 Å². The lowest BCUT2D eigenvalue weighted by atomic mass is 9.95. The first-order valence-electron chi connectivity index (χ1n) is 8.16. The minimum Gasteiger partial charge on any atom is -0.362 e. The van der Waals surface area contributed by atoms with E-state index in [0.29, 0.717) is 18.8 Å². The van der Waals surface area contributed by atoms with E-state index in [-0.39, 0.29) is 18.4 Å². The molecule has 0 saturated carbocycles. The molecule has 2 amide bonds. The number of hydrogen-bond acceptors (Lipinski definition) is 4. The van der Waals surface area contributed by atoms with Gasteiger partial charge in [0.25, 0.3) is 11.8 Å². The monoisotopic (exact) mass is 320 g/mol. The molecule has 2 heterocycles. The molecule has 0 bridgehead atoms. The van der Waals surface area contributed by atoms with Crippen molar-refractivity contribution in [1.29, 1.82) is 0 Å². The third kappa shape index (κ3) is 2.73. The highest BCUT2D eigenvalue weighted by molar-refractivity contribution is 5.95. The maximum atomic E-state index is 13.0. The van der Waals surface area contributed by atoms with Gasteiger partial charge in [0.2, 0.25) is 0 Å². The van der Waals surface area contributed by atoms with Gasteiger partial charge in [0, 0.05) is 26.2 Å². The third-order valence-corrected chi connectivity index (χ3v) is 4.79. The van der Waals surface area contributed by atoms with Crippen molar-refractivity contribution in [3.05, 3.63) is 17.0 Å². The minimum atomic E-state index is -0.999. The summed E-state index contributed by atoms with van der Waals surface area (Å²) in [7, 11) is 3.40. The SMILES string of the molecule is CNC(=O)[C@]1(C)CN(C(=O)c2c3c(nn2C)CCCC3)CCO1. The summed E-state index contributed by atoms with van der Waals surface area (Å²) in [5.41, 5.74) is 1.79. The Bertz CT molecular complexity index is 640. The van der Waals surface area contributed by atoms with Crippen LogP contribution in [0.4, 0.5) is 0 Å². The topological polar surface area (TPSA) is 76.5 Å². The number of nitrogens with one attached hydrogen (secondary N) is 1. The molecule has 1 N–H and O–H groups in total. The highest BCUT2D eigenvalue weighted by Crippen LogP contribution is 2.26. The Morgan fingerprint density at radius 1 is 1.30 bits per heavy atom. The number of fused-ring (bicyclic) bond motifs is 1. The molecule has 2 aliphatic rings. The van der Waals surface area contributed by atoms with Crippen molar-refractivity contribution in [2.24, 2.45) is 7.05 Å². The third-order valence-electron chi connectivity index (χ3n) is 4.79. The number of aryl methyl sites for hydroxylation is 2. The lowest BCUT2D eigenvalue weighted by Gasteiger charge is -2.39. The Morgan fingerprint density at radius 2 is 2.04 bits per heavy atom. The van der Waals surface area contributed by atoms with Crippen LogP contribution in [0.5, 0.6) is 0 Å². The van der Waals surface area contributed by atoms with E-state index in [1.54, 1.807) is 23.6 Å². The number of likely N-dealkylation sites (N-methyl/N-ethyl adjacent to an activating group) is 1. The van der Waals surface area contributed by atoms with Gasteiger partial charge in [0.05, 0.1) is 18.8 Å². The summed E-state index contributed by atoms with van der Waals surface area (Å²) in [5.74, 6) is -0.261. The first kappa shape index (κ1) is 16.0. The molecule has 7 heteroatoms. The maximum Gasteiger partial charge on any atom is 0.272 e. The molecule has 0 radical (unpaired) electrons. The van der Waals surface area contributed by atoms with Crippen molar-refractivity contribution < 1.29 is 14.3 Å². The number of carbonyl (C=O) groups excluding carboxylic acids is 2. The van der Waals surface area contributed by atoms with Crippen LogP contribution in [-0.2, 0) is 29.4 Å². The zero-order valence-corrected chi connectivity index (χ0v) is 14.0. The largest absolute Gasteiger partial charge is 0.362 e. The fourth-order valence-electron chi connectivity index (χ4n) is 3.54. The summed E-state index contributed by atoms with van der Waals surface area (Å²) >= 11 is 0. The standard InChI is InChI=1S/C16H24N4O3/c1-16(15(22)17-2)10-20(8-9-23-16)14(21)13-11-6-4-5-7-12(11)18-19(13)3/h4-10H2,1-3H3,(H,17,22)/t16-/m0/s1. The summed E-state index contributed by atoms with van der Waals surface area (Å²) < 4.78 is 7.33. The summed E-state index contributed by atoms with van der Waals surface area (Å²) in [6.07, 6.45) is 4.07. The Balaban J connectivity index is 1.86. The maximum absolute atomic E-state index is 13.0. The van der Waals surface area contributed by atoms with Gasteiger partial charge >= 0.3 is 0 Å². The fraction of sp³-hybridized carbons (Fsp3) is 0.688. The first-order valence-corrected chi connectivity index (χ1v) is 8.16. The average molecular weight is 320 g/mol. The Morgan fingerprint density at radius 3 is 2.78 bits per heavy atom. The Labute approximate surface area is 136 Å². The van der Waals surface area contributed by atoms with E-state index in [2.05, 4.69) is 10.4 Å². The van der Waals surface area contributed by atoms with Gasteiger partial charge in [0.1, 0.15) is 5.69 Å². The van der Waals surface area contributed by atoms with Gasteiger partial charge in [-0.15, -0.1) is 0 Å². The van der Waals surface area contributed by atoms with Gasteiger partial charge < -0.3 is 15.0 Å². The van der Waals surface area contributed by atoms with Crippen LogP contribution in [0, 0.1) is 0 Å². The Hall–Kier alpha value is -1.89. The molecule has 1 aliphatic heterocycles. The molecule has 0 aromatic carbocycles. The number of hydrogen-bond donors (Lipinski definition) is 1. The van der Waals surface area contributed by atoms with Crippen LogP contribution >= 0.6 is 0 Å². The molecule has 23 heavy (non-hydrogen) atoms. The Kier molecular flexibility index (Phi) is 4.14. The van der Waals surface area contributed by atoms with Crippen molar-refractivity contribution >= 4 is 11.8 Å². The summed E-state index contributed by atoms with van der Waals surface area (Å²) in [5, 5.41) is 7.12. The molecule has 0 spiro atoms. The van der Waals surface area contributed by atoms with Crippen molar-refractivity contribution in [3.8, 4) is 0 Å². The van der Waals surface area contributed by atoms with Crippen LogP contribution in [0.25, 0.3) is 0 Å². The average Bonchev–Trinajstić information content (AvgIpc) is 2.89. The van der Waals surface area contributed by atoms with E-state index >= 15 is 0 Å². The van der Waals surface area contributed by atoms with Crippen LogP contribution in [0.2, 0.25) is 0 Å². The second kappa shape index (κ2) is 5.96. The number of aromatic nitrogens is 2. The molecule has 1 aromatic rings. The number of ether oxygens (including phenoxy) is 1. The second-order valence-electron chi connectivity index (χ2n) is 6.49. The molecule has 3 rings (SSSR count). The van der Waals surface area contributed by atoms with Crippen molar-refractivity contribution in [1.82, 2.24) is 20.0 Å². The number of carbonyl (C=O) groups is 2. The van der Waals surface area contributed by atoms with Gasteiger partial charge in [-0.05, 0) is 32.6 Å². The van der Waals surface area contributed by atoms with Gasteiger partial charge in [-0.25, -0.2) is 0 Å². The van der Waals surface area contributed by atoms with Crippen molar-refractivity contribution in [3.63, 3.8) is 0 Å². The van der Waals surface area contributed by atoms with Crippen LogP contribution in [0.3, 0.4) is 0 Å². The van der Waals surface area contributed by atoms with Crippen LogP contribution < -0.4 is 5.32 Å². The number of morpholine rings is 1. The van der Waals surface area contributed by atoms with E-state index in [1.165, 1.54) is 0 Å². The quantitative estimate of drug-likeness (QED) is 0.849. The van der Waals surface area contributed by atoms with Gasteiger partial charge in [0.15, 0.2) is 5.60 Å². The predicted molar refractivity (Wildman–Crippen MR) is 84.2 cm³/mol. The van der Waals surface area contributed by atoms with Crippen molar-refractivity contribution in [2.45, 2.75) is 38.2 Å². The highest BCUT2D eigenvalue weighted by Gasteiger charge is 2.41. The van der Waals surface area contributed by atoms with Crippen molar-refractivity contribution in [2.75, 3.05) is 26.7 Å². The molecule has 1 fully saturated rings. The van der Waals surface area contributed by atoms with E-state index < -0.39 is 5.60 Å². The molecule has 126 valence electrons. The van der Waals surface area contributed by atoms with E-state index in [4.69, 9.17) is 4.74 Å². The predicted octanol–water partition coefficient (Wildman–Crippen LogP) is 0.276. The normalized spacial score (nSPS) is 24.2. The second-order valence-corrected chi connectivity index (χ2v) is 6.49. The zero-order valence-electron chi connectivity index (χ0n) is 14.0. The van der Waals surface area contributed by atoms with Crippen LogP contribution in [0.15, 0.2) is 0 Å². The molecule has 1 aromatic heterocycles. The molecule has 1 saturated heterocycles. The van der Waals surface area contributed by atoms with E-state index in [1.807, 2.05) is 7.05 Å². The number of amides is 2. The van der Waals surface area contributed by atoms with E-state index in [9.17, 15) is 9.59 Å². The summed E-state index contributed by atoms with van der Waals surface area (Å²) in [6, 6.07) is 0. The molecule has 0 unspecified atom stereocenters. The van der Waals surface area contributed by atoms with Crippen LogP contribution in [-0.4, -0.2) is 58.8 Å². The molecular weight excluding hydrogens is 296 g/mol. The van der Waals surface area contributed by atoms with Gasteiger partial charge in [-0.1, -0.05) is 0 Å². The molecule has 1 aliphatic carbocycles. The highest BCUT2D eigenvalue weighted by atomic mass is 16.5. The number of nitrogens with zero attached hydrogens (tertiary/aromatic N) is 3. The zero-order chi connectivity index (χ0) is 16.6. The molecule has 1 atom stereocenters. The summed E-state index contributed by atoms with van der Waals surface area (Å²) in [6.45, 7) is 2.83. The first-order chi connectivity index (χ1) is 11.0. The lowest BCUT2D eigenvalue weighted by Crippen LogP contribution is -2.59. The van der Waals surface area contributed by atoms with Crippen LogP contribution in [0.1, 0.15) is 41.5 Å². The smallest absolute Gasteiger partial charge is 0.272 e. The lowest BCUT2D eigenvalue weighted by molar-refractivity contribution is -0.153. The minimum absolute atomic E-state index is 0.0541. The molecule has 7 nitrogen and oxygen atoms in total. The number of rotatable bonds is 2. The van der Waals surface area contributed by atoms with Gasteiger partial charge in [-0.2, -0.15) is 5.10 Å². The van der Waals surface area contributed by atoms with E-state index in [0.717, 1.165) is 36.9 Å². The fourth-order valence-corrected chi connectivity index (χ4v) is 3.54. The summed E-state index contributed by atoms with van der Waals surface area (Å²) in [4.78, 5) is 26.8.